The van der Waals surface area contributed by atoms with Crippen LogP contribution in [0.25, 0.3) is 28.2 Å². The molecule has 0 aliphatic heterocycles. The quantitative estimate of drug-likeness (QED) is 0.590. The summed E-state index contributed by atoms with van der Waals surface area (Å²) < 4.78 is 1.90. The first kappa shape index (κ1) is 11.7. The van der Waals surface area contributed by atoms with E-state index >= 15 is 0 Å². The molecule has 6 heteroatoms. The van der Waals surface area contributed by atoms with Crippen molar-refractivity contribution in [3.05, 3.63) is 55.0 Å². The first-order valence-electron chi connectivity index (χ1n) is 6.44. The fourth-order valence-corrected chi connectivity index (χ4v) is 2.31. The van der Waals surface area contributed by atoms with Gasteiger partial charge in [-0.15, -0.1) is 10.2 Å². The first-order valence-corrected chi connectivity index (χ1v) is 6.44. The lowest BCUT2D eigenvalue weighted by molar-refractivity contribution is 0.475. The Hall–Kier alpha value is -3.15. The maximum absolute atomic E-state index is 9.62. The van der Waals surface area contributed by atoms with Gasteiger partial charge >= 0.3 is 0 Å². The van der Waals surface area contributed by atoms with Crippen LogP contribution in [0.1, 0.15) is 0 Å². The molecule has 2 N–H and O–H groups in total. The Morgan fingerprint density at radius 3 is 2.76 bits per heavy atom. The number of aromatic nitrogens is 5. The van der Waals surface area contributed by atoms with Crippen molar-refractivity contribution < 1.29 is 5.11 Å². The molecule has 3 heterocycles. The standard InChI is InChI=1S/C15H11N5O/c21-13-3-1-2-10(6-13)15-19-18-14-5-4-11(9-20(14)15)12-7-16-17-8-12/h1-9,21H,(H,16,17). The minimum Gasteiger partial charge on any atom is -0.508 e. The average Bonchev–Trinajstić information content (AvgIpc) is 3.16. The summed E-state index contributed by atoms with van der Waals surface area (Å²) in [4.78, 5) is 0. The van der Waals surface area contributed by atoms with Crippen LogP contribution in [0.5, 0.6) is 5.75 Å². The highest BCUT2D eigenvalue weighted by Gasteiger charge is 2.10. The van der Waals surface area contributed by atoms with E-state index in [0.29, 0.717) is 5.82 Å². The van der Waals surface area contributed by atoms with E-state index in [1.807, 2.05) is 35.0 Å². The lowest BCUT2D eigenvalue weighted by Crippen LogP contribution is -1.90. The molecule has 0 radical (unpaired) electrons. The van der Waals surface area contributed by atoms with E-state index in [4.69, 9.17) is 0 Å². The zero-order chi connectivity index (χ0) is 14.2. The topological polar surface area (TPSA) is 79.1 Å². The third-order valence-corrected chi connectivity index (χ3v) is 3.34. The van der Waals surface area contributed by atoms with Gasteiger partial charge in [-0.25, -0.2) is 0 Å². The SMILES string of the molecule is Oc1cccc(-c2nnc3ccc(-c4cn[nH]c4)cn23)c1. The number of pyridine rings is 1. The Morgan fingerprint density at radius 2 is 1.95 bits per heavy atom. The fraction of sp³-hybridized carbons (Fsp3) is 0. The van der Waals surface area contributed by atoms with Gasteiger partial charge < -0.3 is 5.11 Å². The summed E-state index contributed by atoms with van der Waals surface area (Å²) in [6.07, 6.45) is 5.55. The van der Waals surface area contributed by atoms with Crippen LogP contribution in [0.2, 0.25) is 0 Å². The summed E-state index contributed by atoms with van der Waals surface area (Å²) in [5, 5.41) is 24.7. The Balaban J connectivity index is 1.92. The van der Waals surface area contributed by atoms with Crippen LogP contribution in [0.3, 0.4) is 0 Å². The number of aromatic amines is 1. The van der Waals surface area contributed by atoms with E-state index in [-0.39, 0.29) is 5.75 Å². The number of rotatable bonds is 2. The van der Waals surface area contributed by atoms with Crippen molar-refractivity contribution in [3.63, 3.8) is 0 Å². The number of hydrogen-bond acceptors (Lipinski definition) is 4. The molecule has 0 spiro atoms. The molecule has 1 aromatic carbocycles. The zero-order valence-corrected chi connectivity index (χ0v) is 10.9. The number of H-pyrrole nitrogens is 1. The third-order valence-electron chi connectivity index (χ3n) is 3.34. The third kappa shape index (κ3) is 1.93. The molecular weight excluding hydrogens is 266 g/mol. The summed E-state index contributed by atoms with van der Waals surface area (Å²) in [5.41, 5.74) is 3.57. The largest absolute Gasteiger partial charge is 0.508 e. The second kappa shape index (κ2) is 4.45. The zero-order valence-electron chi connectivity index (χ0n) is 10.9. The second-order valence-corrected chi connectivity index (χ2v) is 4.71. The van der Waals surface area contributed by atoms with E-state index in [0.717, 1.165) is 22.3 Å². The lowest BCUT2D eigenvalue weighted by Gasteiger charge is -2.03. The van der Waals surface area contributed by atoms with Crippen molar-refractivity contribution in [1.29, 1.82) is 0 Å². The average molecular weight is 277 g/mol. The molecule has 0 saturated heterocycles. The van der Waals surface area contributed by atoms with Crippen molar-refractivity contribution >= 4 is 5.65 Å². The summed E-state index contributed by atoms with van der Waals surface area (Å²) >= 11 is 0. The molecule has 3 aromatic heterocycles. The Morgan fingerprint density at radius 1 is 1.00 bits per heavy atom. The number of phenolic OH excluding ortho intramolecular Hbond substituents is 1. The number of aromatic hydroxyl groups is 1. The predicted octanol–water partition coefficient (Wildman–Crippen LogP) is 2.49. The number of hydrogen-bond donors (Lipinski definition) is 2. The maximum Gasteiger partial charge on any atom is 0.168 e. The number of nitrogens with one attached hydrogen (secondary N) is 1. The normalized spacial score (nSPS) is 11.0. The van der Waals surface area contributed by atoms with Gasteiger partial charge in [0, 0.05) is 29.1 Å². The molecule has 0 unspecified atom stereocenters. The smallest absolute Gasteiger partial charge is 0.168 e. The van der Waals surface area contributed by atoms with Gasteiger partial charge in [0.2, 0.25) is 0 Å². The highest BCUT2D eigenvalue weighted by molar-refractivity contribution is 5.66. The fourth-order valence-electron chi connectivity index (χ4n) is 2.31. The Kier molecular flexibility index (Phi) is 2.47. The van der Waals surface area contributed by atoms with E-state index in [2.05, 4.69) is 20.4 Å². The Labute approximate surface area is 119 Å². The number of nitrogens with zero attached hydrogens (tertiary/aromatic N) is 4. The van der Waals surface area contributed by atoms with Gasteiger partial charge in [-0.05, 0) is 24.3 Å². The molecule has 4 aromatic rings. The minimum atomic E-state index is 0.204. The van der Waals surface area contributed by atoms with Crippen molar-refractivity contribution in [2.45, 2.75) is 0 Å². The van der Waals surface area contributed by atoms with E-state index in [1.165, 1.54) is 0 Å². The molecule has 4 rings (SSSR count). The summed E-state index contributed by atoms with van der Waals surface area (Å²) in [6, 6.07) is 10.8. The van der Waals surface area contributed by atoms with E-state index < -0.39 is 0 Å². The van der Waals surface area contributed by atoms with Crippen molar-refractivity contribution in [2.75, 3.05) is 0 Å². The summed E-state index contributed by atoms with van der Waals surface area (Å²) in [5.74, 6) is 0.890. The number of fused-ring (bicyclic) bond motifs is 1. The van der Waals surface area contributed by atoms with Gasteiger partial charge in [-0.1, -0.05) is 12.1 Å². The molecule has 0 fully saturated rings. The molecule has 0 bridgehead atoms. The van der Waals surface area contributed by atoms with Crippen molar-refractivity contribution in [2.24, 2.45) is 0 Å². The monoisotopic (exact) mass is 277 g/mol. The van der Waals surface area contributed by atoms with Gasteiger partial charge in [-0.3, -0.25) is 9.50 Å². The molecule has 0 saturated carbocycles. The first-order chi connectivity index (χ1) is 10.3. The molecule has 0 aliphatic rings. The molecule has 0 aliphatic carbocycles. The highest BCUT2D eigenvalue weighted by Crippen LogP contribution is 2.24. The summed E-state index contributed by atoms with van der Waals surface area (Å²) in [7, 11) is 0. The van der Waals surface area contributed by atoms with Crippen molar-refractivity contribution in [3.8, 4) is 28.3 Å². The second-order valence-electron chi connectivity index (χ2n) is 4.71. The van der Waals surface area contributed by atoms with Crippen LogP contribution in [0.4, 0.5) is 0 Å². The van der Waals surface area contributed by atoms with Gasteiger partial charge in [0.15, 0.2) is 11.5 Å². The maximum atomic E-state index is 9.62. The van der Waals surface area contributed by atoms with E-state index in [1.54, 1.807) is 24.4 Å². The van der Waals surface area contributed by atoms with Crippen LogP contribution in [-0.4, -0.2) is 29.9 Å². The molecule has 0 atom stereocenters. The van der Waals surface area contributed by atoms with Crippen molar-refractivity contribution in [1.82, 2.24) is 24.8 Å². The Bertz CT molecular complexity index is 911. The molecular formula is C15H11N5O. The van der Waals surface area contributed by atoms with Gasteiger partial charge in [-0.2, -0.15) is 5.10 Å². The number of phenols is 1. The molecule has 6 nitrogen and oxygen atoms in total. The van der Waals surface area contributed by atoms with Crippen LogP contribution in [-0.2, 0) is 0 Å². The minimum absolute atomic E-state index is 0.204. The van der Waals surface area contributed by atoms with Gasteiger partial charge in [0.05, 0.1) is 6.20 Å². The molecule has 0 amide bonds. The number of benzene rings is 1. The van der Waals surface area contributed by atoms with Crippen LogP contribution < -0.4 is 0 Å². The summed E-state index contributed by atoms with van der Waals surface area (Å²) in [6.45, 7) is 0. The molecule has 21 heavy (non-hydrogen) atoms. The lowest BCUT2D eigenvalue weighted by atomic mass is 10.1. The van der Waals surface area contributed by atoms with Crippen LogP contribution in [0, 0.1) is 0 Å². The highest BCUT2D eigenvalue weighted by atomic mass is 16.3. The molecule has 102 valence electrons. The van der Waals surface area contributed by atoms with Crippen LogP contribution in [0.15, 0.2) is 55.0 Å². The van der Waals surface area contributed by atoms with E-state index in [9.17, 15) is 5.11 Å². The predicted molar refractivity (Wildman–Crippen MR) is 77.7 cm³/mol. The van der Waals surface area contributed by atoms with Crippen LogP contribution >= 0.6 is 0 Å². The van der Waals surface area contributed by atoms with Gasteiger partial charge in [0.1, 0.15) is 5.75 Å². The van der Waals surface area contributed by atoms with Gasteiger partial charge in [0.25, 0.3) is 0 Å².